The highest BCUT2D eigenvalue weighted by Gasteiger charge is 2.27. The minimum absolute atomic E-state index is 0.0719. The molecule has 0 spiro atoms. The molecule has 0 aliphatic carbocycles. The molecule has 1 saturated heterocycles. The summed E-state index contributed by atoms with van der Waals surface area (Å²) in [5.41, 5.74) is 0.509. The van der Waals surface area contributed by atoms with Gasteiger partial charge < -0.3 is 4.74 Å². The highest BCUT2D eigenvalue weighted by molar-refractivity contribution is 7.89. The monoisotopic (exact) mass is 462 g/mol. The van der Waals surface area contributed by atoms with E-state index in [1.54, 1.807) is 12.1 Å². The van der Waals surface area contributed by atoms with Gasteiger partial charge in [-0.15, -0.1) is 0 Å². The normalized spacial score (nSPS) is 14.6. The van der Waals surface area contributed by atoms with Crippen LogP contribution in [0, 0.1) is 10.1 Å². The molecule has 1 amide bonds. The number of amides is 1. The fraction of sp³-hybridized carbons (Fsp3) is 0.263. The summed E-state index contributed by atoms with van der Waals surface area (Å²) in [5, 5.41) is 13.6. The second-order valence-corrected chi connectivity index (χ2v) is 9.82. The van der Waals surface area contributed by atoms with Gasteiger partial charge in [0.2, 0.25) is 10.0 Å². The number of fused-ring (bicyclic) bond motifs is 1. The van der Waals surface area contributed by atoms with Crippen molar-refractivity contribution >= 4 is 48.3 Å². The smallest absolute Gasteiger partial charge is 0.269 e. The number of hydrogen-bond acceptors (Lipinski definition) is 8. The number of sulfonamides is 1. The third-order valence-corrected chi connectivity index (χ3v) is 7.55. The zero-order valence-electron chi connectivity index (χ0n) is 16.2. The minimum Gasteiger partial charge on any atom is -0.484 e. The molecule has 31 heavy (non-hydrogen) atoms. The molecule has 1 fully saturated rings. The number of carbonyl (C=O) groups excluding carboxylic acids is 1. The molecule has 2 aromatic carbocycles. The summed E-state index contributed by atoms with van der Waals surface area (Å²) in [6, 6.07) is 10.1. The first kappa shape index (κ1) is 21.2. The van der Waals surface area contributed by atoms with Gasteiger partial charge in [0, 0.05) is 25.2 Å². The number of hydrogen-bond donors (Lipinski definition) is 1. The maximum atomic E-state index is 12.7. The molecule has 0 bridgehead atoms. The van der Waals surface area contributed by atoms with E-state index >= 15 is 0 Å². The standard InChI is InChI=1S/C19H18N4O6S2/c24-18(12-29-14-5-3-13(4-6-14)23(25)26)21-19-20-16-8-7-15(11-17(16)30-19)31(27,28)22-9-1-2-10-22/h3-8,11H,1-2,9-10,12H2,(H,20,21,24). The number of rotatable bonds is 7. The van der Waals surface area contributed by atoms with Gasteiger partial charge in [0.05, 0.1) is 20.0 Å². The number of benzene rings is 2. The first-order chi connectivity index (χ1) is 14.8. The van der Waals surface area contributed by atoms with E-state index in [9.17, 15) is 23.3 Å². The summed E-state index contributed by atoms with van der Waals surface area (Å²) in [5.74, 6) is -0.135. The molecular formula is C19H18N4O6S2. The van der Waals surface area contributed by atoms with E-state index in [0.29, 0.717) is 34.2 Å². The Labute approximate surface area is 181 Å². The predicted molar refractivity (Wildman–Crippen MR) is 115 cm³/mol. The molecule has 4 rings (SSSR count). The van der Waals surface area contributed by atoms with E-state index in [4.69, 9.17) is 4.74 Å². The van der Waals surface area contributed by atoms with Crippen LogP contribution in [0.3, 0.4) is 0 Å². The third kappa shape index (κ3) is 4.65. The highest BCUT2D eigenvalue weighted by atomic mass is 32.2. The number of thiazole rings is 1. The van der Waals surface area contributed by atoms with Crippen LogP contribution in [0.2, 0.25) is 0 Å². The number of nitro benzene ring substituents is 1. The van der Waals surface area contributed by atoms with Gasteiger partial charge in [0.1, 0.15) is 5.75 Å². The molecule has 1 aliphatic heterocycles. The second-order valence-electron chi connectivity index (χ2n) is 6.85. The Morgan fingerprint density at radius 2 is 1.90 bits per heavy atom. The summed E-state index contributed by atoms with van der Waals surface area (Å²) in [7, 11) is -3.53. The van der Waals surface area contributed by atoms with E-state index in [1.165, 1.54) is 46.0 Å². The van der Waals surface area contributed by atoms with Crippen molar-refractivity contribution in [1.29, 1.82) is 0 Å². The van der Waals surface area contributed by atoms with Gasteiger partial charge in [0.15, 0.2) is 11.7 Å². The van der Waals surface area contributed by atoms with Crippen LogP contribution < -0.4 is 10.1 Å². The first-order valence-electron chi connectivity index (χ1n) is 9.41. The fourth-order valence-electron chi connectivity index (χ4n) is 3.16. The lowest BCUT2D eigenvalue weighted by molar-refractivity contribution is -0.384. The Morgan fingerprint density at radius 1 is 1.19 bits per heavy atom. The molecule has 162 valence electrons. The molecular weight excluding hydrogens is 444 g/mol. The van der Waals surface area contributed by atoms with E-state index in [2.05, 4.69) is 10.3 Å². The molecule has 1 aromatic heterocycles. The lowest BCUT2D eigenvalue weighted by Crippen LogP contribution is -2.27. The number of aromatic nitrogens is 1. The van der Waals surface area contributed by atoms with Crippen molar-refractivity contribution in [3.63, 3.8) is 0 Å². The lowest BCUT2D eigenvalue weighted by atomic mass is 10.3. The Bertz CT molecular complexity index is 1230. The lowest BCUT2D eigenvalue weighted by Gasteiger charge is -2.15. The zero-order chi connectivity index (χ0) is 22.0. The van der Waals surface area contributed by atoms with Crippen LogP contribution in [0.5, 0.6) is 5.75 Å². The summed E-state index contributed by atoms with van der Waals surface area (Å²) in [6.07, 6.45) is 1.72. The van der Waals surface area contributed by atoms with Crippen molar-refractivity contribution in [3.05, 3.63) is 52.6 Å². The Morgan fingerprint density at radius 3 is 2.58 bits per heavy atom. The molecule has 12 heteroatoms. The van der Waals surface area contributed by atoms with E-state index in [-0.39, 0.29) is 17.2 Å². The average Bonchev–Trinajstić information content (AvgIpc) is 3.42. The second kappa shape index (κ2) is 8.57. The number of nitrogens with zero attached hydrogens (tertiary/aromatic N) is 3. The number of anilines is 1. The molecule has 10 nitrogen and oxygen atoms in total. The molecule has 0 unspecified atom stereocenters. The Balaban J connectivity index is 1.41. The zero-order valence-corrected chi connectivity index (χ0v) is 17.8. The Kier molecular flexibility index (Phi) is 5.85. The molecule has 2 heterocycles. The predicted octanol–water partition coefficient (Wildman–Crippen LogP) is 3.01. The van der Waals surface area contributed by atoms with E-state index < -0.39 is 20.9 Å². The summed E-state index contributed by atoms with van der Waals surface area (Å²) in [4.78, 5) is 26.8. The quantitative estimate of drug-likeness (QED) is 0.422. The van der Waals surface area contributed by atoms with Gasteiger partial charge in [-0.25, -0.2) is 13.4 Å². The van der Waals surface area contributed by atoms with Gasteiger partial charge in [-0.3, -0.25) is 20.2 Å². The molecule has 0 saturated carbocycles. The van der Waals surface area contributed by atoms with Crippen LogP contribution in [0.4, 0.5) is 10.8 Å². The van der Waals surface area contributed by atoms with Gasteiger partial charge in [0.25, 0.3) is 11.6 Å². The van der Waals surface area contributed by atoms with Crippen LogP contribution >= 0.6 is 11.3 Å². The van der Waals surface area contributed by atoms with Crippen molar-refractivity contribution in [1.82, 2.24) is 9.29 Å². The first-order valence-corrected chi connectivity index (χ1v) is 11.7. The maximum Gasteiger partial charge on any atom is 0.269 e. The summed E-state index contributed by atoms with van der Waals surface area (Å²) in [6.45, 7) is 0.751. The van der Waals surface area contributed by atoms with Crippen LogP contribution in [-0.4, -0.2) is 48.2 Å². The number of ether oxygens (including phenoxy) is 1. The molecule has 3 aromatic rings. The number of non-ortho nitro benzene ring substituents is 1. The summed E-state index contributed by atoms with van der Waals surface area (Å²) >= 11 is 1.17. The highest BCUT2D eigenvalue weighted by Crippen LogP contribution is 2.30. The van der Waals surface area contributed by atoms with Crippen molar-refractivity contribution in [2.24, 2.45) is 0 Å². The molecule has 1 aliphatic rings. The number of carbonyl (C=O) groups is 1. The van der Waals surface area contributed by atoms with Crippen molar-refractivity contribution in [2.75, 3.05) is 25.0 Å². The number of nitrogens with one attached hydrogen (secondary N) is 1. The topological polar surface area (TPSA) is 132 Å². The van der Waals surface area contributed by atoms with Crippen LogP contribution in [0.1, 0.15) is 12.8 Å². The minimum atomic E-state index is -3.53. The van der Waals surface area contributed by atoms with Gasteiger partial charge >= 0.3 is 0 Å². The van der Waals surface area contributed by atoms with Gasteiger partial charge in [-0.05, 0) is 43.2 Å². The van der Waals surface area contributed by atoms with Crippen LogP contribution in [-0.2, 0) is 14.8 Å². The average molecular weight is 463 g/mol. The van der Waals surface area contributed by atoms with E-state index in [1.807, 2.05) is 0 Å². The molecule has 0 atom stereocenters. The maximum absolute atomic E-state index is 12.7. The largest absolute Gasteiger partial charge is 0.484 e. The van der Waals surface area contributed by atoms with Crippen LogP contribution in [0.25, 0.3) is 10.2 Å². The van der Waals surface area contributed by atoms with Crippen molar-refractivity contribution in [3.8, 4) is 5.75 Å². The van der Waals surface area contributed by atoms with Crippen molar-refractivity contribution < 1.29 is 22.9 Å². The Hall–Kier alpha value is -3.09. The van der Waals surface area contributed by atoms with Crippen LogP contribution in [0.15, 0.2) is 47.4 Å². The molecule has 1 N–H and O–H groups in total. The SMILES string of the molecule is O=C(COc1ccc([N+](=O)[O-])cc1)Nc1nc2ccc(S(=O)(=O)N3CCCC3)cc2s1. The number of nitro groups is 1. The van der Waals surface area contributed by atoms with E-state index in [0.717, 1.165) is 12.8 Å². The third-order valence-electron chi connectivity index (χ3n) is 4.73. The molecule has 0 radical (unpaired) electrons. The summed E-state index contributed by atoms with van der Waals surface area (Å²) < 4.78 is 32.9. The van der Waals surface area contributed by atoms with Gasteiger partial charge in [-0.2, -0.15) is 4.31 Å². The fourth-order valence-corrected chi connectivity index (χ4v) is 5.70. The van der Waals surface area contributed by atoms with Gasteiger partial charge in [-0.1, -0.05) is 11.3 Å². The van der Waals surface area contributed by atoms with Crippen molar-refractivity contribution in [2.45, 2.75) is 17.7 Å².